The molecular weight excluding hydrogens is 392 g/mol. The Hall–Kier alpha value is -2.45. The molecule has 0 radical (unpaired) electrons. The van der Waals surface area contributed by atoms with Gasteiger partial charge in [0.2, 0.25) is 0 Å². The molecule has 2 rings (SSSR count). The van der Waals surface area contributed by atoms with Crippen molar-refractivity contribution in [3.63, 3.8) is 0 Å². The Morgan fingerprint density at radius 1 is 1.14 bits per heavy atom. The maximum absolute atomic E-state index is 12.6. The average Bonchev–Trinajstić information content (AvgIpc) is 3.20. The molecule has 0 spiro atoms. The summed E-state index contributed by atoms with van der Waals surface area (Å²) in [6.07, 6.45) is 0.864. The van der Waals surface area contributed by atoms with E-state index in [1.807, 2.05) is 44.4 Å². The van der Waals surface area contributed by atoms with E-state index in [1.54, 1.807) is 12.1 Å². The van der Waals surface area contributed by atoms with Gasteiger partial charge in [-0.2, -0.15) is 0 Å². The second kappa shape index (κ2) is 10.2. The number of carbonyl (C=O) groups excluding carboxylic acids is 2. The first-order chi connectivity index (χ1) is 13.3. The Bertz CT molecular complexity index is 835. The van der Waals surface area contributed by atoms with E-state index in [0.717, 1.165) is 23.2 Å². The predicted molar refractivity (Wildman–Crippen MR) is 118 cm³/mol. The smallest absolute Gasteiger partial charge is 0.262 e. The monoisotopic (exact) mass is 418 g/mol. The van der Waals surface area contributed by atoms with E-state index in [2.05, 4.69) is 28.4 Å². The Morgan fingerprint density at radius 3 is 2.50 bits per heavy atom. The van der Waals surface area contributed by atoms with Crippen molar-refractivity contribution in [2.24, 2.45) is 5.92 Å². The third-order valence-electron chi connectivity index (χ3n) is 4.26. The van der Waals surface area contributed by atoms with Gasteiger partial charge in [0.1, 0.15) is 6.04 Å². The summed E-state index contributed by atoms with van der Waals surface area (Å²) < 4.78 is 0. The molecule has 28 heavy (non-hydrogen) atoms. The molecule has 2 aromatic rings. The maximum Gasteiger partial charge on any atom is 0.262 e. The molecule has 0 bridgehead atoms. The highest BCUT2D eigenvalue weighted by atomic mass is 32.1. The fraction of sp³-hybridized carbons (Fsp3) is 0.350. The van der Waals surface area contributed by atoms with E-state index < -0.39 is 6.04 Å². The average molecular weight is 419 g/mol. The minimum absolute atomic E-state index is 0.0877. The van der Waals surface area contributed by atoms with Gasteiger partial charge < -0.3 is 10.6 Å². The van der Waals surface area contributed by atoms with Gasteiger partial charge in [-0.25, -0.2) is 0 Å². The summed E-state index contributed by atoms with van der Waals surface area (Å²) in [5, 5.41) is 8.01. The number of thiophene rings is 1. The maximum atomic E-state index is 12.6. The molecular formula is C20H26N4O2S2. The van der Waals surface area contributed by atoms with Gasteiger partial charge in [0.25, 0.3) is 11.8 Å². The zero-order valence-corrected chi connectivity index (χ0v) is 18.1. The number of aryl methyl sites for hydroxylation is 2. The molecule has 1 heterocycles. The second-order valence-electron chi connectivity index (χ2n) is 6.70. The summed E-state index contributed by atoms with van der Waals surface area (Å²) in [6.45, 7) is 7.81. The highest BCUT2D eigenvalue weighted by Gasteiger charge is 2.25. The second-order valence-corrected chi connectivity index (χ2v) is 8.06. The van der Waals surface area contributed by atoms with Crippen molar-refractivity contribution in [2.75, 3.05) is 5.32 Å². The molecule has 1 aromatic heterocycles. The van der Waals surface area contributed by atoms with Gasteiger partial charge in [0.05, 0.1) is 4.88 Å². The van der Waals surface area contributed by atoms with Crippen LogP contribution in [0.1, 0.15) is 41.6 Å². The number of hydrogen-bond donors (Lipinski definition) is 4. The number of amides is 2. The van der Waals surface area contributed by atoms with Crippen molar-refractivity contribution in [1.29, 1.82) is 0 Å². The van der Waals surface area contributed by atoms with Crippen molar-refractivity contribution in [3.05, 3.63) is 51.7 Å². The van der Waals surface area contributed by atoms with Crippen LogP contribution in [-0.4, -0.2) is 23.0 Å². The minimum atomic E-state index is -0.686. The zero-order chi connectivity index (χ0) is 20.7. The van der Waals surface area contributed by atoms with Crippen LogP contribution in [0.25, 0.3) is 0 Å². The van der Waals surface area contributed by atoms with Crippen molar-refractivity contribution >= 4 is 46.2 Å². The summed E-state index contributed by atoms with van der Waals surface area (Å²) >= 11 is 6.63. The molecule has 8 heteroatoms. The molecule has 4 N–H and O–H groups in total. The molecule has 0 aliphatic carbocycles. The number of carbonyl (C=O) groups is 2. The van der Waals surface area contributed by atoms with E-state index >= 15 is 0 Å². The van der Waals surface area contributed by atoms with Crippen LogP contribution in [0.5, 0.6) is 0 Å². The van der Waals surface area contributed by atoms with Crippen molar-refractivity contribution in [2.45, 2.75) is 40.2 Å². The lowest BCUT2D eigenvalue weighted by Crippen LogP contribution is -2.54. The van der Waals surface area contributed by atoms with Crippen LogP contribution in [0.2, 0.25) is 0 Å². The molecule has 6 nitrogen and oxygen atoms in total. The van der Waals surface area contributed by atoms with Gasteiger partial charge >= 0.3 is 0 Å². The van der Waals surface area contributed by atoms with Crippen LogP contribution in [0.15, 0.2) is 35.7 Å². The molecule has 0 fully saturated rings. The highest BCUT2D eigenvalue weighted by molar-refractivity contribution is 7.80. The van der Waals surface area contributed by atoms with Crippen LogP contribution in [-0.2, 0) is 11.2 Å². The number of thiocarbonyl (C=S) groups is 1. The van der Waals surface area contributed by atoms with E-state index in [1.165, 1.54) is 11.3 Å². The van der Waals surface area contributed by atoms with Crippen LogP contribution in [0, 0.1) is 12.8 Å². The zero-order valence-electron chi connectivity index (χ0n) is 16.5. The quantitative estimate of drug-likeness (QED) is 0.427. The highest BCUT2D eigenvalue weighted by Crippen LogP contribution is 2.20. The summed E-state index contributed by atoms with van der Waals surface area (Å²) in [7, 11) is 0. The molecule has 0 aliphatic rings. The van der Waals surface area contributed by atoms with Crippen LogP contribution in [0.4, 0.5) is 5.69 Å². The fourth-order valence-corrected chi connectivity index (χ4v) is 3.48. The van der Waals surface area contributed by atoms with Gasteiger partial charge in [-0.3, -0.25) is 20.4 Å². The van der Waals surface area contributed by atoms with E-state index in [-0.39, 0.29) is 22.8 Å². The topological polar surface area (TPSA) is 82.3 Å². The van der Waals surface area contributed by atoms with Crippen molar-refractivity contribution < 1.29 is 9.59 Å². The summed E-state index contributed by atoms with van der Waals surface area (Å²) in [6, 6.07) is 8.87. The molecule has 2 amide bonds. The predicted octanol–water partition coefficient (Wildman–Crippen LogP) is 3.39. The standard InChI is InChI=1S/C20H26N4O2S2/c1-5-14-9-6-8-13(4)17(14)22-20(27)24-23-19(26)16(12(2)3)21-18(25)15-10-7-11-28-15/h6-12,16H,5H2,1-4H3,(H,21,25)(H,23,26)(H2,22,24,27)/t16-/m0/s1. The van der Waals surface area contributed by atoms with Gasteiger partial charge in [-0.15, -0.1) is 11.3 Å². The van der Waals surface area contributed by atoms with Gasteiger partial charge in [-0.1, -0.05) is 45.0 Å². The number of anilines is 1. The number of para-hydroxylation sites is 1. The normalized spacial score (nSPS) is 11.6. The fourth-order valence-electron chi connectivity index (χ4n) is 2.70. The molecule has 1 atom stereocenters. The Labute approximate surface area is 175 Å². The first kappa shape index (κ1) is 21.8. The third-order valence-corrected chi connectivity index (χ3v) is 5.33. The van der Waals surface area contributed by atoms with Crippen LogP contribution >= 0.6 is 23.6 Å². The van der Waals surface area contributed by atoms with E-state index in [9.17, 15) is 9.59 Å². The number of hydrogen-bond acceptors (Lipinski definition) is 4. The Balaban J connectivity index is 1.95. The summed E-state index contributed by atoms with van der Waals surface area (Å²) in [4.78, 5) is 25.4. The molecule has 0 aliphatic heterocycles. The number of nitrogens with one attached hydrogen (secondary N) is 4. The lowest BCUT2D eigenvalue weighted by atomic mass is 10.0. The van der Waals surface area contributed by atoms with Crippen molar-refractivity contribution in [1.82, 2.24) is 16.2 Å². The molecule has 1 aromatic carbocycles. The van der Waals surface area contributed by atoms with Gasteiger partial charge in [-0.05, 0) is 54.1 Å². The molecule has 0 saturated heterocycles. The number of benzene rings is 1. The summed E-state index contributed by atoms with van der Waals surface area (Å²) in [5.74, 6) is -0.711. The molecule has 0 saturated carbocycles. The first-order valence-electron chi connectivity index (χ1n) is 9.13. The van der Waals surface area contributed by atoms with E-state index in [0.29, 0.717) is 4.88 Å². The van der Waals surface area contributed by atoms with Gasteiger partial charge in [0, 0.05) is 5.69 Å². The Morgan fingerprint density at radius 2 is 1.89 bits per heavy atom. The third kappa shape index (κ3) is 5.77. The minimum Gasteiger partial charge on any atom is -0.339 e. The van der Waals surface area contributed by atoms with E-state index in [4.69, 9.17) is 12.2 Å². The number of hydrazine groups is 1. The Kier molecular flexibility index (Phi) is 7.95. The van der Waals surface area contributed by atoms with Gasteiger partial charge in [0.15, 0.2) is 5.11 Å². The lowest BCUT2D eigenvalue weighted by molar-refractivity contribution is -0.124. The van der Waals surface area contributed by atoms with Crippen molar-refractivity contribution in [3.8, 4) is 0 Å². The largest absolute Gasteiger partial charge is 0.339 e. The lowest BCUT2D eigenvalue weighted by Gasteiger charge is -2.22. The van der Waals surface area contributed by atoms with Crippen LogP contribution < -0.4 is 21.5 Å². The number of rotatable bonds is 6. The summed E-state index contributed by atoms with van der Waals surface area (Å²) in [5.41, 5.74) is 8.45. The SMILES string of the molecule is CCc1cccc(C)c1NC(=S)NNC(=O)[C@@H](NC(=O)c1cccs1)C(C)C. The molecule has 150 valence electrons. The van der Waals surface area contributed by atoms with Crippen LogP contribution in [0.3, 0.4) is 0 Å². The molecule has 0 unspecified atom stereocenters. The first-order valence-corrected chi connectivity index (χ1v) is 10.4.